The topological polar surface area (TPSA) is 93.7 Å². The zero-order chi connectivity index (χ0) is 22.5. The van der Waals surface area contributed by atoms with Gasteiger partial charge in [-0.05, 0) is 43.7 Å². The summed E-state index contributed by atoms with van der Waals surface area (Å²) in [5.41, 5.74) is 1.61. The van der Waals surface area contributed by atoms with Gasteiger partial charge >= 0.3 is 0 Å². The number of hydrogen-bond donors (Lipinski definition) is 2. The molecule has 1 aliphatic rings. The molecule has 0 spiro atoms. The summed E-state index contributed by atoms with van der Waals surface area (Å²) in [6.07, 6.45) is 3.86. The van der Waals surface area contributed by atoms with Crippen molar-refractivity contribution in [3.8, 4) is 11.5 Å². The SMILES string of the molecule is CCNS(=O)(=O)c1ccc(/C=C/C(=O)NCCOc2cccc3c2OC(C)(C)C3)cc1. The van der Waals surface area contributed by atoms with Gasteiger partial charge in [0.15, 0.2) is 11.5 Å². The Morgan fingerprint density at radius 1 is 1.19 bits per heavy atom. The lowest BCUT2D eigenvalue weighted by atomic mass is 10.0. The standard InChI is InChI=1S/C23H28N2O5S/c1-4-25-31(27,28)19-11-8-17(9-12-19)10-13-21(26)24-14-15-29-20-7-5-6-18-16-23(2,3)30-22(18)20/h5-13,25H,4,14-16H2,1-3H3,(H,24,26)/b13-10+. The van der Waals surface area contributed by atoms with Gasteiger partial charge in [0.1, 0.15) is 12.2 Å². The van der Waals surface area contributed by atoms with Crippen molar-refractivity contribution < 1.29 is 22.7 Å². The number of fused-ring (bicyclic) bond motifs is 1. The van der Waals surface area contributed by atoms with Crippen LogP contribution in [0.15, 0.2) is 53.4 Å². The maximum atomic E-state index is 12.0. The Balaban J connectivity index is 1.46. The summed E-state index contributed by atoms with van der Waals surface area (Å²) >= 11 is 0. The molecule has 0 atom stereocenters. The Labute approximate surface area is 183 Å². The van der Waals surface area contributed by atoms with Gasteiger partial charge in [0.25, 0.3) is 0 Å². The number of nitrogens with one attached hydrogen (secondary N) is 2. The fourth-order valence-electron chi connectivity index (χ4n) is 3.30. The molecule has 1 amide bonds. The van der Waals surface area contributed by atoms with E-state index in [9.17, 15) is 13.2 Å². The Kier molecular flexibility index (Phi) is 7.02. The van der Waals surface area contributed by atoms with E-state index >= 15 is 0 Å². The molecule has 0 aliphatic carbocycles. The molecule has 166 valence electrons. The molecule has 2 aromatic carbocycles. The summed E-state index contributed by atoms with van der Waals surface area (Å²) in [7, 11) is -3.48. The second kappa shape index (κ2) is 9.53. The first-order valence-electron chi connectivity index (χ1n) is 10.2. The molecular weight excluding hydrogens is 416 g/mol. The van der Waals surface area contributed by atoms with Crippen LogP contribution in [0.4, 0.5) is 0 Å². The van der Waals surface area contributed by atoms with Gasteiger partial charge in [-0.15, -0.1) is 0 Å². The van der Waals surface area contributed by atoms with Gasteiger partial charge < -0.3 is 14.8 Å². The van der Waals surface area contributed by atoms with Crippen molar-refractivity contribution in [3.63, 3.8) is 0 Å². The summed E-state index contributed by atoms with van der Waals surface area (Å²) < 4.78 is 38.1. The number of rotatable bonds is 9. The summed E-state index contributed by atoms with van der Waals surface area (Å²) in [4.78, 5) is 12.2. The molecule has 0 saturated carbocycles. The zero-order valence-electron chi connectivity index (χ0n) is 18.0. The number of benzene rings is 2. The van der Waals surface area contributed by atoms with E-state index < -0.39 is 10.0 Å². The fraction of sp³-hybridized carbons (Fsp3) is 0.348. The van der Waals surface area contributed by atoms with Gasteiger partial charge in [0, 0.05) is 24.6 Å². The van der Waals surface area contributed by atoms with Crippen LogP contribution >= 0.6 is 0 Å². The molecular formula is C23H28N2O5S. The van der Waals surface area contributed by atoms with E-state index in [-0.39, 0.29) is 16.4 Å². The summed E-state index contributed by atoms with van der Waals surface area (Å²) in [6, 6.07) is 12.1. The van der Waals surface area contributed by atoms with E-state index in [1.54, 1.807) is 25.1 Å². The van der Waals surface area contributed by atoms with Crippen molar-refractivity contribution in [1.82, 2.24) is 10.0 Å². The third-order valence-corrected chi connectivity index (χ3v) is 6.23. The number of ether oxygens (including phenoxy) is 2. The lowest BCUT2D eigenvalue weighted by Crippen LogP contribution is -2.26. The van der Waals surface area contributed by atoms with Crippen LogP contribution in [0.5, 0.6) is 11.5 Å². The van der Waals surface area contributed by atoms with Crippen molar-refractivity contribution >= 4 is 22.0 Å². The minimum Gasteiger partial charge on any atom is -0.488 e. The van der Waals surface area contributed by atoms with Crippen molar-refractivity contribution in [2.75, 3.05) is 19.7 Å². The van der Waals surface area contributed by atoms with E-state index in [1.165, 1.54) is 18.2 Å². The number of hydrogen-bond acceptors (Lipinski definition) is 5. The van der Waals surface area contributed by atoms with Gasteiger partial charge in [0.2, 0.25) is 15.9 Å². The molecule has 0 radical (unpaired) electrons. The highest BCUT2D eigenvalue weighted by molar-refractivity contribution is 7.89. The third kappa shape index (κ3) is 6.08. The molecule has 2 aromatic rings. The first kappa shape index (κ1) is 22.8. The van der Waals surface area contributed by atoms with Crippen LogP contribution in [0.25, 0.3) is 6.08 Å². The van der Waals surface area contributed by atoms with Gasteiger partial charge in [-0.2, -0.15) is 0 Å². The quantitative estimate of drug-likeness (QED) is 0.458. The first-order valence-corrected chi connectivity index (χ1v) is 11.7. The largest absolute Gasteiger partial charge is 0.488 e. The maximum absolute atomic E-state index is 12.0. The Hall–Kier alpha value is -2.84. The van der Waals surface area contributed by atoms with Gasteiger partial charge in [-0.1, -0.05) is 31.2 Å². The molecule has 1 aliphatic heterocycles. The average molecular weight is 445 g/mol. The Bertz CT molecular complexity index is 1060. The predicted molar refractivity (Wildman–Crippen MR) is 120 cm³/mol. The molecule has 0 bridgehead atoms. The minimum absolute atomic E-state index is 0.188. The Morgan fingerprint density at radius 3 is 2.65 bits per heavy atom. The monoisotopic (exact) mass is 444 g/mol. The van der Waals surface area contributed by atoms with Gasteiger partial charge in [0.05, 0.1) is 11.4 Å². The molecule has 0 saturated heterocycles. The summed E-state index contributed by atoms with van der Waals surface area (Å²) in [6.45, 7) is 6.79. The molecule has 31 heavy (non-hydrogen) atoms. The normalized spacial score (nSPS) is 14.8. The predicted octanol–water partition coefficient (Wildman–Crippen LogP) is 2.91. The van der Waals surface area contributed by atoms with Crippen LogP contribution in [0.1, 0.15) is 31.9 Å². The van der Waals surface area contributed by atoms with E-state index in [1.807, 2.05) is 32.0 Å². The highest BCUT2D eigenvalue weighted by Gasteiger charge is 2.32. The summed E-state index contributed by atoms with van der Waals surface area (Å²) in [5.74, 6) is 1.20. The second-order valence-corrected chi connectivity index (χ2v) is 9.59. The molecule has 3 rings (SSSR count). The molecule has 1 heterocycles. The van der Waals surface area contributed by atoms with Gasteiger partial charge in [-0.25, -0.2) is 13.1 Å². The second-order valence-electron chi connectivity index (χ2n) is 7.83. The van der Waals surface area contributed by atoms with Crippen LogP contribution in [0, 0.1) is 0 Å². The van der Waals surface area contributed by atoms with Gasteiger partial charge in [-0.3, -0.25) is 4.79 Å². The van der Waals surface area contributed by atoms with Crippen molar-refractivity contribution in [1.29, 1.82) is 0 Å². The number of carbonyl (C=O) groups excluding carboxylic acids is 1. The number of para-hydroxylation sites is 1. The Morgan fingerprint density at radius 2 is 1.94 bits per heavy atom. The molecule has 2 N–H and O–H groups in total. The smallest absolute Gasteiger partial charge is 0.244 e. The zero-order valence-corrected chi connectivity index (χ0v) is 18.8. The lowest BCUT2D eigenvalue weighted by molar-refractivity contribution is -0.116. The number of carbonyl (C=O) groups is 1. The highest BCUT2D eigenvalue weighted by Crippen LogP contribution is 2.41. The van der Waals surface area contributed by atoms with Crippen LogP contribution < -0.4 is 19.5 Å². The van der Waals surface area contributed by atoms with E-state index in [4.69, 9.17) is 9.47 Å². The van der Waals surface area contributed by atoms with Crippen molar-refractivity contribution in [3.05, 3.63) is 59.7 Å². The van der Waals surface area contributed by atoms with E-state index in [0.29, 0.717) is 25.4 Å². The minimum atomic E-state index is -3.48. The average Bonchev–Trinajstić information content (AvgIpc) is 3.04. The number of sulfonamides is 1. The van der Waals surface area contributed by atoms with Crippen LogP contribution in [-0.4, -0.2) is 39.6 Å². The molecule has 0 unspecified atom stereocenters. The van der Waals surface area contributed by atoms with Crippen molar-refractivity contribution in [2.24, 2.45) is 0 Å². The van der Waals surface area contributed by atoms with Crippen LogP contribution in [0.2, 0.25) is 0 Å². The molecule has 0 aromatic heterocycles. The van der Waals surface area contributed by atoms with Crippen molar-refractivity contribution in [2.45, 2.75) is 37.7 Å². The molecule has 0 fully saturated rings. The fourth-order valence-corrected chi connectivity index (χ4v) is 4.34. The highest BCUT2D eigenvalue weighted by atomic mass is 32.2. The molecule has 7 nitrogen and oxygen atoms in total. The van der Waals surface area contributed by atoms with E-state index in [2.05, 4.69) is 10.0 Å². The van der Waals surface area contributed by atoms with E-state index in [0.717, 1.165) is 23.3 Å². The first-order chi connectivity index (χ1) is 14.7. The lowest BCUT2D eigenvalue weighted by Gasteiger charge is -2.18. The summed E-state index contributed by atoms with van der Waals surface area (Å²) in [5, 5.41) is 2.76. The maximum Gasteiger partial charge on any atom is 0.244 e. The third-order valence-electron chi connectivity index (χ3n) is 4.67. The van der Waals surface area contributed by atoms with Crippen LogP contribution in [0.3, 0.4) is 0 Å². The van der Waals surface area contributed by atoms with Crippen LogP contribution in [-0.2, 0) is 21.2 Å². The molecule has 8 heteroatoms. The number of amides is 1.